The Bertz CT molecular complexity index is 799. The average Bonchev–Trinajstić information content (AvgIpc) is 2.55. The number of nitrogens with one attached hydrogen (secondary N) is 2. The van der Waals surface area contributed by atoms with E-state index in [4.69, 9.17) is 34.8 Å². The van der Waals surface area contributed by atoms with Crippen molar-refractivity contribution in [2.45, 2.75) is 9.96 Å². The summed E-state index contributed by atoms with van der Waals surface area (Å²) in [5.41, 5.74) is -0.262. The van der Waals surface area contributed by atoms with E-state index < -0.39 is 26.6 Å². The number of hydrogen-bond acceptors (Lipinski definition) is 4. The van der Waals surface area contributed by atoms with Gasteiger partial charge >= 0.3 is 0 Å². The normalized spacial score (nSPS) is 12.3. The first kappa shape index (κ1) is 19.2. The van der Waals surface area contributed by atoms with Gasteiger partial charge in [0, 0.05) is 17.7 Å². The molecule has 0 saturated heterocycles. The van der Waals surface area contributed by atoms with Crippen molar-refractivity contribution in [1.29, 1.82) is 0 Å². The van der Waals surface area contributed by atoms with Crippen LogP contribution in [0.5, 0.6) is 0 Å². The van der Waals surface area contributed by atoms with Gasteiger partial charge in [-0.3, -0.25) is 14.9 Å². The molecule has 25 heavy (non-hydrogen) atoms. The number of alkyl halides is 3. The third-order valence-electron chi connectivity index (χ3n) is 3.10. The molecule has 2 aromatic rings. The molecule has 2 N–H and O–H groups in total. The van der Waals surface area contributed by atoms with Crippen molar-refractivity contribution < 1.29 is 14.1 Å². The number of nitro benzene ring substituents is 1. The molecule has 0 aliphatic heterocycles. The van der Waals surface area contributed by atoms with Crippen LogP contribution in [0.3, 0.4) is 0 Å². The molecule has 0 heterocycles. The van der Waals surface area contributed by atoms with Gasteiger partial charge in [-0.1, -0.05) is 53.0 Å². The van der Waals surface area contributed by atoms with E-state index in [9.17, 15) is 19.3 Å². The maximum atomic E-state index is 13.8. The van der Waals surface area contributed by atoms with Crippen molar-refractivity contribution in [3.63, 3.8) is 0 Å². The van der Waals surface area contributed by atoms with Gasteiger partial charge in [-0.25, -0.2) is 4.39 Å². The van der Waals surface area contributed by atoms with Crippen molar-refractivity contribution in [2.24, 2.45) is 0 Å². The van der Waals surface area contributed by atoms with Crippen LogP contribution < -0.4 is 10.6 Å². The highest BCUT2D eigenvalue weighted by Gasteiger charge is 2.35. The quantitative estimate of drug-likeness (QED) is 0.336. The maximum Gasteiger partial charge on any atom is 0.270 e. The third kappa shape index (κ3) is 5.19. The number of nitro groups is 1. The molecule has 0 unspecified atom stereocenters. The van der Waals surface area contributed by atoms with E-state index in [-0.39, 0.29) is 16.9 Å². The molecule has 1 amide bonds. The zero-order valence-electron chi connectivity index (χ0n) is 12.4. The minimum Gasteiger partial charge on any atom is -0.359 e. The van der Waals surface area contributed by atoms with Gasteiger partial charge in [-0.05, 0) is 18.2 Å². The second kappa shape index (κ2) is 7.86. The number of nitrogens with zero attached hydrogens (tertiary/aromatic N) is 1. The summed E-state index contributed by atoms with van der Waals surface area (Å²) in [5, 5.41) is 15.8. The Labute approximate surface area is 157 Å². The van der Waals surface area contributed by atoms with E-state index in [0.29, 0.717) is 0 Å². The van der Waals surface area contributed by atoms with Crippen molar-refractivity contribution in [3.05, 3.63) is 70.0 Å². The van der Waals surface area contributed by atoms with Crippen LogP contribution in [0.1, 0.15) is 10.4 Å². The summed E-state index contributed by atoms with van der Waals surface area (Å²) in [6.07, 6.45) is -1.29. The lowest BCUT2D eigenvalue weighted by molar-refractivity contribution is -0.384. The molecule has 0 fully saturated rings. The summed E-state index contributed by atoms with van der Waals surface area (Å²) < 4.78 is 11.7. The predicted octanol–water partition coefficient (Wildman–Crippen LogP) is 4.27. The fourth-order valence-electron chi connectivity index (χ4n) is 1.91. The molecule has 132 valence electrons. The summed E-state index contributed by atoms with van der Waals surface area (Å²) in [6.45, 7) is 0. The van der Waals surface area contributed by atoms with Gasteiger partial charge in [0.25, 0.3) is 11.6 Å². The van der Waals surface area contributed by atoms with Crippen LogP contribution in [0, 0.1) is 15.9 Å². The number of para-hydroxylation sites is 1. The number of non-ortho nitro benzene ring substituents is 1. The Morgan fingerprint density at radius 2 is 1.84 bits per heavy atom. The van der Waals surface area contributed by atoms with Crippen LogP contribution in [-0.4, -0.2) is 20.8 Å². The molecule has 0 bridgehead atoms. The topological polar surface area (TPSA) is 84.3 Å². The van der Waals surface area contributed by atoms with Gasteiger partial charge in [0.2, 0.25) is 3.79 Å². The first-order valence-corrected chi connectivity index (χ1v) is 7.95. The number of benzene rings is 2. The molecule has 0 aliphatic carbocycles. The first-order chi connectivity index (χ1) is 11.7. The number of rotatable bonds is 5. The monoisotopic (exact) mass is 405 g/mol. The molecule has 10 heteroatoms. The standard InChI is InChI=1S/C15H11Cl3FN3O3/c16-15(17,18)14(20-12-7-2-1-6-11(12)19)21-13(23)9-4-3-5-10(8-9)22(24)25/h1-8,14,20H,(H,21,23)/t14-/m1/s1. The van der Waals surface area contributed by atoms with Crippen LogP contribution in [0.2, 0.25) is 0 Å². The summed E-state index contributed by atoms with van der Waals surface area (Å²) >= 11 is 17.5. The van der Waals surface area contributed by atoms with Gasteiger partial charge in [0.05, 0.1) is 10.6 Å². The smallest absolute Gasteiger partial charge is 0.270 e. The van der Waals surface area contributed by atoms with E-state index in [0.717, 1.165) is 6.07 Å². The lowest BCUT2D eigenvalue weighted by Gasteiger charge is -2.27. The summed E-state index contributed by atoms with van der Waals surface area (Å²) in [7, 11) is 0. The van der Waals surface area contributed by atoms with E-state index in [1.807, 2.05) is 0 Å². The number of hydrogen-bond donors (Lipinski definition) is 2. The lowest BCUT2D eigenvalue weighted by atomic mass is 10.2. The molecule has 0 saturated carbocycles. The molecular weight excluding hydrogens is 396 g/mol. The van der Waals surface area contributed by atoms with Gasteiger partial charge in [0.15, 0.2) is 0 Å². The Hall–Kier alpha value is -2.09. The minimum absolute atomic E-state index is 0.0104. The molecule has 0 spiro atoms. The van der Waals surface area contributed by atoms with Gasteiger partial charge in [-0.15, -0.1) is 0 Å². The SMILES string of the molecule is O=C(N[C@@H](Nc1ccccc1F)C(Cl)(Cl)Cl)c1cccc([N+](=O)[O-])c1. The zero-order valence-corrected chi connectivity index (χ0v) is 14.6. The second-order valence-electron chi connectivity index (χ2n) is 4.88. The molecule has 0 aromatic heterocycles. The molecule has 0 radical (unpaired) electrons. The predicted molar refractivity (Wildman–Crippen MR) is 94.7 cm³/mol. The first-order valence-electron chi connectivity index (χ1n) is 6.81. The number of halogens is 4. The van der Waals surface area contributed by atoms with Crippen molar-refractivity contribution >= 4 is 52.1 Å². The van der Waals surface area contributed by atoms with Crippen molar-refractivity contribution in [3.8, 4) is 0 Å². The van der Waals surface area contributed by atoms with E-state index in [2.05, 4.69) is 10.6 Å². The van der Waals surface area contributed by atoms with Gasteiger partial charge in [0.1, 0.15) is 12.0 Å². The third-order valence-corrected chi connectivity index (χ3v) is 3.75. The number of carbonyl (C=O) groups is 1. The van der Waals surface area contributed by atoms with E-state index in [1.165, 1.54) is 36.4 Å². The van der Waals surface area contributed by atoms with Crippen molar-refractivity contribution in [2.75, 3.05) is 5.32 Å². The Morgan fingerprint density at radius 1 is 1.16 bits per heavy atom. The highest BCUT2D eigenvalue weighted by molar-refractivity contribution is 6.68. The molecular formula is C15H11Cl3FN3O3. The average molecular weight is 407 g/mol. The lowest BCUT2D eigenvalue weighted by Crippen LogP contribution is -2.49. The van der Waals surface area contributed by atoms with Gasteiger partial charge in [-0.2, -0.15) is 0 Å². The van der Waals surface area contributed by atoms with Crippen LogP contribution in [0.25, 0.3) is 0 Å². The second-order valence-corrected chi connectivity index (χ2v) is 7.25. The summed E-state index contributed by atoms with van der Waals surface area (Å²) in [6, 6.07) is 10.7. The Morgan fingerprint density at radius 3 is 2.44 bits per heavy atom. The van der Waals surface area contributed by atoms with Crippen LogP contribution >= 0.6 is 34.8 Å². The van der Waals surface area contributed by atoms with Crippen LogP contribution in [-0.2, 0) is 0 Å². The molecule has 1 atom stereocenters. The Kier molecular flexibility index (Phi) is 6.05. The number of carbonyl (C=O) groups excluding carboxylic acids is 1. The fraction of sp³-hybridized carbons (Fsp3) is 0.133. The van der Waals surface area contributed by atoms with Crippen LogP contribution in [0.4, 0.5) is 15.8 Å². The molecule has 0 aliphatic rings. The van der Waals surface area contributed by atoms with E-state index in [1.54, 1.807) is 6.07 Å². The fourth-order valence-corrected chi connectivity index (χ4v) is 2.24. The van der Waals surface area contributed by atoms with Crippen LogP contribution in [0.15, 0.2) is 48.5 Å². The number of anilines is 1. The highest BCUT2D eigenvalue weighted by Crippen LogP contribution is 2.31. The molecule has 6 nitrogen and oxygen atoms in total. The molecule has 2 aromatic carbocycles. The summed E-state index contributed by atoms with van der Waals surface area (Å²) in [4.78, 5) is 22.5. The Balaban J connectivity index is 2.23. The molecule has 2 rings (SSSR count). The van der Waals surface area contributed by atoms with E-state index >= 15 is 0 Å². The zero-order chi connectivity index (χ0) is 18.6. The maximum absolute atomic E-state index is 13.8. The van der Waals surface area contributed by atoms with Crippen molar-refractivity contribution in [1.82, 2.24) is 5.32 Å². The highest BCUT2D eigenvalue weighted by atomic mass is 35.6. The minimum atomic E-state index is -2.02. The van der Waals surface area contributed by atoms with Gasteiger partial charge < -0.3 is 10.6 Å². The largest absolute Gasteiger partial charge is 0.359 e. The number of amides is 1. The summed E-state index contributed by atoms with van der Waals surface area (Å²) in [5.74, 6) is -1.34.